The zero-order valence-electron chi connectivity index (χ0n) is 16.3. The summed E-state index contributed by atoms with van der Waals surface area (Å²) in [4.78, 5) is 29.2. The summed E-state index contributed by atoms with van der Waals surface area (Å²) in [5.74, 6) is -2.34. The minimum absolute atomic E-state index is 0.101. The SMILES string of the molecule is CC(=O)N1c2ccc(C(C=NC3CC3)=CN)c(OC(F)(F)C(N)=O)c2CC[C@@H]1C. The summed E-state index contributed by atoms with van der Waals surface area (Å²) in [6, 6.07) is 3.31. The second kappa shape index (κ2) is 7.81. The second-order valence-electron chi connectivity index (χ2n) is 7.33. The van der Waals surface area contributed by atoms with E-state index >= 15 is 0 Å². The molecule has 0 saturated heterocycles. The summed E-state index contributed by atoms with van der Waals surface area (Å²) in [7, 11) is 0. The fourth-order valence-electron chi connectivity index (χ4n) is 3.42. The molecule has 2 aliphatic rings. The van der Waals surface area contributed by atoms with Crippen molar-refractivity contribution in [3.05, 3.63) is 29.5 Å². The molecule has 0 unspecified atom stereocenters. The number of ether oxygens (including phenoxy) is 1. The van der Waals surface area contributed by atoms with E-state index in [1.54, 1.807) is 6.07 Å². The topological polar surface area (TPSA) is 111 Å². The third kappa shape index (κ3) is 4.23. The summed E-state index contributed by atoms with van der Waals surface area (Å²) in [5, 5.41) is 0. The average molecular weight is 406 g/mol. The lowest BCUT2D eigenvalue weighted by Gasteiger charge is -2.36. The predicted molar refractivity (Wildman–Crippen MR) is 106 cm³/mol. The molecule has 1 atom stereocenters. The Labute approximate surface area is 167 Å². The van der Waals surface area contributed by atoms with Gasteiger partial charge in [-0.15, -0.1) is 0 Å². The van der Waals surface area contributed by atoms with Gasteiger partial charge in [0.05, 0.1) is 11.7 Å². The van der Waals surface area contributed by atoms with Crippen molar-refractivity contribution in [3.63, 3.8) is 0 Å². The number of halogens is 2. The van der Waals surface area contributed by atoms with E-state index in [1.807, 2.05) is 6.92 Å². The molecule has 1 aliphatic carbocycles. The second-order valence-corrected chi connectivity index (χ2v) is 7.33. The van der Waals surface area contributed by atoms with Gasteiger partial charge in [0.2, 0.25) is 5.91 Å². The molecule has 0 bridgehead atoms. The monoisotopic (exact) mass is 406 g/mol. The highest BCUT2D eigenvalue weighted by Crippen LogP contribution is 2.43. The molecule has 0 radical (unpaired) electrons. The van der Waals surface area contributed by atoms with Crippen LogP contribution >= 0.6 is 0 Å². The van der Waals surface area contributed by atoms with Crippen LogP contribution in [0.4, 0.5) is 14.5 Å². The number of carbonyl (C=O) groups excluding carboxylic acids is 2. The van der Waals surface area contributed by atoms with Gasteiger partial charge in [-0.1, -0.05) is 0 Å². The summed E-state index contributed by atoms with van der Waals surface area (Å²) in [6.45, 7) is 3.29. The zero-order chi connectivity index (χ0) is 21.3. The van der Waals surface area contributed by atoms with Crippen molar-refractivity contribution in [3.8, 4) is 5.75 Å². The van der Waals surface area contributed by atoms with Gasteiger partial charge in [-0.3, -0.25) is 14.6 Å². The average Bonchev–Trinajstić information content (AvgIpc) is 3.47. The maximum atomic E-state index is 14.1. The van der Waals surface area contributed by atoms with Crippen LogP contribution in [0.15, 0.2) is 23.3 Å². The Morgan fingerprint density at radius 2 is 2.00 bits per heavy atom. The number of fused-ring (bicyclic) bond motifs is 1. The van der Waals surface area contributed by atoms with Crippen molar-refractivity contribution in [2.45, 2.75) is 57.7 Å². The molecule has 1 heterocycles. The molecular weight excluding hydrogens is 382 g/mol. The minimum Gasteiger partial charge on any atom is -0.424 e. The first kappa shape index (κ1) is 20.8. The van der Waals surface area contributed by atoms with E-state index in [2.05, 4.69) is 4.99 Å². The highest BCUT2D eigenvalue weighted by molar-refractivity contribution is 6.11. The molecule has 156 valence electrons. The molecule has 7 nitrogen and oxygen atoms in total. The van der Waals surface area contributed by atoms with E-state index in [1.165, 1.54) is 30.3 Å². The van der Waals surface area contributed by atoms with Crippen molar-refractivity contribution in [1.29, 1.82) is 0 Å². The number of nitrogens with two attached hydrogens (primary N) is 2. The van der Waals surface area contributed by atoms with Crippen LogP contribution in [0.1, 0.15) is 44.2 Å². The number of rotatable bonds is 6. The maximum Gasteiger partial charge on any atom is 0.482 e. The molecule has 4 N–H and O–H groups in total. The van der Waals surface area contributed by atoms with Crippen LogP contribution in [0, 0.1) is 0 Å². The lowest BCUT2D eigenvalue weighted by atomic mass is 9.91. The van der Waals surface area contributed by atoms with Crippen LogP contribution in [-0.2, 0) is 16.0 Å². The lowest BCUT2D eigenvalue weighted by Crippen LogP contribution is -2.43. The first-order valence-corrected chi connectivity index (χ1v) is 9.43. The van der Waals surface area contributed by atoms with E-state index in [9.17, 15) is 18.4 Å². The quantitative estimate of drug-likeness (QED) is 0.707. The van der Waals surface area contributed by atoms with Gasteiger partial charge in [-0.05, 0) is 44.7 Å². The smallest absolute Gasteiger partial charge is 0.424 e. The number of carbonyl (C=O) groups is 2. The Morgan fingerprint density at radius 1 is 1.31 bits per heavy atom. The molecule has 2 amide bonds. The Balaban J connectivity index is 2.15. The first-order valence-electron chi connectivity index (χ1n) is 9.43. The first-order chi connectivity index (χ1) is 13.7. The number of hydrogen-bond donors (Lipinski definition) is 2. The van der Waals surface area contributed by atoms with Gasteiger partial charge in [0, 0.05) is 42.1 Å². The number of nitrogens with zero attached hydrogens (tertiary/aromatic N) is 2. The molecule has 0 aromatic heterocycles. The molecular formula is C20H24F2N4O3. The van der Waals surface area contributed by atoms with Crippen molar-refractivity contribution in [2.75, 3.05) is 4.90 Å². The van der Waals surface area contributed by atoms with E-state index in [4.69, 9.17) is 16.2 Å². The zero-order valence-corrected chi connectivity index (χ0v) is 16.3. The largest absolute Gasteiger partial charge is 0.482 e. The lowest BCUT2D eigenvalue weighted by molar-refractivity contribution is -0.189. The van der Waals surface area contributed by atoms with Crippen molar-refractivity contribution in [2.24, 2.45) is 16.5 Å². The normalized spacial score (nSPS) is 19.9. The van der Waals surface area contributed by atoms with Gasteiger partial charge in [-0.2, -0.15) is 8.78 Å². The Morgan fingerprint density at radius 3 is 2.55 bits per heavy atom. The van der Waals surface area contributed by atoms with Gasteiger partial charge >= 0.3 is 12.0 Å². The highest BCUT2D eigenvalue weighted by atomic mass is 19.3. The molecule has 1 aliphatic heterocycles. The number of alkyl halides is 2. The van der Waals surface area contributed by atoms with Gasteiger partial charge in [-0.25, -0.2) is 0 Å². The van der Waals surface area contributed by atoms with Gasteiger partial charge in [0.25, 0.3) is 0 Å². The molecule has 3 rings (SSSR count). The highest BCUT2D eigenvalue weighted by Gasteiger charge is 2.42. The van der Waals surface area contributed by atoms with Crippen LogP contribution in [-0.4, -0.2) is 36.2 Å². The van der Waals surface area contributed by atoms with Crippen LogP contribution in [0.25, 0.3) is 5.57 Å². The minimum atomic E-state index is -4.22. The molecule has 1 aromatic rings. The van der Waals surface area contributed by atoms with Gasteiger partial charge < -0.3 is 21.1 Å². The van der Waals surface area contributed by atoms with Crippen LogP contribution in [0.2, 0.25) is 0 Å². The van der Waals surface area contributed by atoms with Gasteiger partial charge in [0.15, 0.2) is 0 Å². The van der Waals surface area contributed by atoms with E-state index in [0.29, 0.717) is 29.7 Å². The number of benzene rings is 1. The van der Waals surface area contributed by atoms with Crippen molar-refractivity contribution in [1.82, 2.24) is 0 Å². The summed E-state index contributed by atoms with van der Waals surface area (Å²) >= 11 is 0. The van der Waals surface area contributed by atoms with Crippen molar-refractivity contribution < 1.29 is 23.1 Å². The Bertz CT molecular complexity index is 894. The van der Waals surface area contributed by atoms with Gasteiger partial charge in [0.1, 0.15) is 5.75 Å². The standard InChI is InChI=1S/C20H24F2N4O3/c1-11-3-6-16-17(26(11)12(2)27)8-7-15(13(9-23)10-25-14-4-5-14)18(16)29-20(21,22)19(24)28/h7-11,14H,3-6,23H2,1-2H3,(H2,24,28)/t11-/m0/s1. The summed E-state index contributed by atoms with van der Waals surface area (Å²) < 4.78 is 33.1. The van der Waals surface area contributed by atoms with Crippen LogP contribution in [0.3, 0.4) is 0 Å². The summed E-state index contributed by atoms with van der Waals surface area (Å²) in [6.07, 6.45) is 1.41. The van der Waals surface area contributed by atoms with E-state index in [-0.39, 0.29) is 29.3 Å². The number of anilines is 1. The number of primary amides is 1. The molecule has 0 spiro atoms. The predicted octanol–water partition coefficient (Wildman–Crippen LogP) is 2.36. The number of hydrogen-bond acceptors (Lipinski definition) is 5. The molecule has 29 heavy (non-hydrogen) atoms. The fourth-order valence-corrected chi connectivity index (χ4v) is 3.42. The van der Waals surface area contributed by atoms with E-state index < -0.39 is 12.0 Å². The number of aliphatic imine (C=N–C) groups is 1. The summed E-state index contributed by atoms with van der Waals surface area (Å²) in [5.41, 5.74) is 12.0. The van der Waals surface area contributed by atoms with Crippen molar-refractivity contribution >= 4 is 29.3 Å². The molecule has 9 heteroatoms. The number of amides is 2. The molecule has 1 aromatic carbocycles. The Hall–Kier alpha value is -2.97. The third-order valence-corrected chi connectivity index (χ3v) is 5.07. The number of allylic oxidation sites excluding steroid dienone is 1. The molecule has 1 fully saturated rings. The van der Waals surface area contributed by atoms with Crippen LogP contribution < -0.4 is 21.1 Å². The maximum absolute atomic E-state index is 14.1. The Kier molecular flexibility index (Phi) is 5.59. The fraction of sp³-hybridized carbons (Fsp3) is 0.450. The third-order valence-electron chi connectivity index (χ3n) is 5.07. The van der Waals surface area contributed by atoms with E-state index in [0.717, 1.165) is 12.8 Å². The molecule has 1 saturated carbocycles. The van der Waals surface area contributed by atoms with Crippen LogP contribution in [0.5, 0.6) is 5.75 Å².